The highest BCUT2D eigenvalue weighted by Crippen LogP contribution is 2.52. The third-order valence-corrected chi connectivity index (χ3v) is 5.84. The molecule has 0 radical (unpaired) electrons. The van der Waals surface area contributed by atoms with Crippen molar-refractivity contribution in [2.24, 2.45) is 0 Å². The van der Waals surface area contributed by atoms with Crippen molar-refractivity contribution < 1.29 is 5.11 Å². The van der Waals surface area contributed by atoms with E-state index in [9.17, 15) is 5.11 Å². The predicted octanol–water partition coefficient (Wildman–Crippen LogP) is 6.03. The van der Waals surface area contributed by atoms with Crippen LogP contribution in [0.4, 0.5) is 0 Å². The molecule has 1 unspecified atom stereocenters. The Kier molecular flexibility index (Phi) is 3.86. The highest BCUT2D eigenvalue weighted by atomic mass is 79.9. The first kappa shape index (κ1) is 16.6. The Morgan fingerprint density at radius 3 is 2.24 bits per heavy atom. The number of benzene rings is 3. The number of hydrogen-bond donors (Lipinski definition) is 1. The topological polar surface area (TPSA) is 20.2 Å². The van der Waals surface area contributed by atoms with Gasteiger partial charge in [0.05, 0.1) is 0 Å². The summed E-state index contributed by atoms with van der Waals surface area (Å²) < 4.78 is 0.995. The minimum absolute atomic E-state index is 0.160. The molecular formula is C23H21BrO. The molecule has 1 nitrogen and oxygen atoms in total. The van der Waals surface area contributed by atoms with Crippen molar-refractivity contribution in [2.45, 2.75) is 31.3 Å². The van der Waals surface area contributed by atoms with E-state index in [1.54, 1.807) is 0 Å². The molecule has 0 aromatic heterocycles. The Morgan fingerprint density at radius 2 is 1.48 bits per heavy atom. The van der Waals surface area contributed by atoms with Gasteiger partial charge in [-0.3, -0.25) is 0 Å². The molecule has 0 saturated carbocycles. The van der Waals surface area contributed by atoms with E-state index in [1.807, 2.05) is 24.3 Å². The molecule has 1 atom stereocenters. The van der Waals surface area contributed by atoms with Gasteiger partial charge < -0.3 is 5.11 Å². The van der Waals surface area contributed by atoms with E-state index >= 15 is 0 Å². The van der Waals surface area contributed by atoms with Crippen LogP contribution in [0, 0.1) is 0 Å². The zero-order chi connectivity index (χ0) is 17.7. The number of hydrogen-bond acceptors (Lipinski definition) is 1. The second-order valence-electron chi connectivity index (χ2n) is 7.52. The average molecular weight is 393 g/mol. The fraction of sp³-hybridized carbons (Fsp3) is 0.217. The molecule has 0 bridgehead atoms. The summed E-state index contributed by atoms with van der Waals surface area (Å²) in [6.07, 6.45) is 0.629. The van der Waals surface area contributed by atoms with E-state index in [4.69, 9.17) is 0 Å². The highest BCUT2D eigenvalue weighted by Gasteiger charge is 2.45. The van der Waals surface area contributed by atoms with Gasteiger partial charge >= 0.3 is 0 Å². The Morgan fingerprint density at radius 1 is 0.840 bits per heavy atom. The molecule has 0 spiro atoms. The summed E-state index contributed by atoms with van der Waals surface area (Å²) in [6, 6.07) is 24.9. The van der Waals surface area contributed by atoms with Gasteiger partial charge in [-0.05, 0) is 51.8 Å². The van der Waals surface area contributed by atoms with Crippen LogP contribution in [0.1, 0.15) is 37.0 Å². The molecule has 1 N–H and O–H groups in total. The summed E-state index contributed by atoms with van der Waals surface area (Å²) in [5.74, 6) is 0. The van der Waals surface area contributed by atoms with Crippen LogP contribution in [0.5, 0.6) is 0 Å². The van der Waals surface area contributed by atoms with Crippen molar-refractivity contribution in [3.05, 3.63) is 94.0 Å². The molecule has 1 aliphatic rings. The lowest BCUT2D eigenvalue weighted by atomic mass is 9.72. The molecule has 0 amide bonds. The first-order chi connectivity index (χ1) is 11.9. The van der Waals surface area contributed by atoms with Gasteiger partial charge in [-0.15, -0.1) is 0 Å². The fourth-order valence-corrected chi connectivity index (χ4v) is 4.50. The smallest absolute Gasteiger partial charge is 0.117 e. The predicted molar refractivity (Wildman–Crippen MR) is 107 cm³/mol. The summed E-state index contributed by atoms with van der Waals surface area (Å²) in [7, 11) is 0. The van der Waals surface area contributed by atoms with Crippen LogP contribution in [0.15, 0.2) is 77.3 Å². The third kappa shape index (κ3) is 2.65. The van der Waals surface area contributed by atoms with Gasteiger partial charge in [-0.25, -0.2) is 0 Å². The summed E-state index contributed by atoms with van der Waals surface area (Å²) in [6.45, 7) is 4.41. The number of aliphatic hydroxyl groups is 1. The zero-order valence-corrected chi connectivity index (χ0v) is 16.0. The van der Waals surface area contributed by atoms with Crippen molar-refractivity contribution in [3.8, 4) is 11.1 Å². The molecule has 0 heterocycles. The lowest BCUT2D eigenvalue weighted by Crippen LogP contribution is -2.34. The maximum absolute atomic E-state index is 11.9. The Hall–Kier alpha value is -1.90. The first-order valence-electron chi connectivity index (χ1n) is 8.60. The molecule has 0 saturated heterocycles. The molecule has 0 fully saturated rings. The fourth-order valence-electron chi connectivity index (χ4n) is 4.14. The van der Waals surface area contributed by atoms with Gasteiger partial charge in [0.15, 0.2) is 0 Å². The molecule has 0 aliphatic heterocycles. The summed E-state index contributed by atoms with van der Waals surface area (Å²) in [5, 5.41) is 11.9. The number of fused-ring (bicyclic) bond motifs is 3. The van der Waals surface area contributed by atoms with Crippen molar-refractivity contribution in [1.82, 2.24) is 0 Å². The average Bonchev–Trinajstić information content (AvgIpc) is 2.84. The minimum Gasteiger partial charge on any atom is -0.380 e. The standard InChI is InChI=1S/C23H21BrO/c1-22(2,16-8-4-3-5-9-16)15-23(25)20-11-7-6-10-18(20)19-13-12-17(24)14-21(19)23/h3-14,25H,15H2,1-2H3. The maximum Gasteiger partial charge on any atom is 0.117 e. The Balaban J connectivity index is 1.87. The van der Waals surface area contributed by atoms with Crippen molar-refractivity contribution >= 4 is 15.9 Å². The molecule has 25 heavy (non-hydrogen) atoms. The van der Waals surface area contributed by atoms with E-state index in [-0.39, 0.29) is 5.41 Å². The Labute approximate surface area is 157 Å². The second kappa shape index (κ2) is 5.82. The Bertz CT molecular complexity index is 930. The molecule has 126 valence electrons. The van der Waals surface area contributed by atoms with Crippen LogP contribution in [0.25, 0.3) is 11.1 Å². The molecule has 3 aromatic carbocycles. The zero-order valence-electron chi connectivity index (χ0n) is 14.5. The highest BCUT2D eigenvalue weighted by molar-refractivity contribution is 9.10. The van der Waals surface area contributed by atoms with E-state index in [0.717, 1.165) is 26.7 Å². The van der Waals surface area contributed by atoms with Gasteiger partial charge in [0.2, 0.25) is 0 Å². The quantitative estimate of drug-likeness (QED) is 0.576. The van der Waals surface area contributed by atoms with Crippen LogP contribution >= 0.6 is 15.9 Å². The van der Waals surface area contributed by atoms with Crippen LogP contribution in [-0.2, 0) is 11.0 Å². The lowest BCUT2D eigenvalue weighted by molar-refractivity contribution is 0.0539. The molecule has 4 rings (SSSR count). The van der Waals surface area contributed by atoms with Crippen molar-refractivity contribution in [1.29, 1.82) is 0 Å². The van der Waals surface area contributed by atoms with E-state index in [1.165, 1.54) is 5.56 Å². The summed E-state index contributed by atoms with van der Waals surface area (Å²) in [5.41, 5.74) is 4.35. The molecule has 1 aliphatic carbocycles. The van der Waals surface area contributed by atoms with E-state index < -0.39 is 5.60 Å². The first-order valence-corrected chi connectivity index (χ1v) is 9.39. The normalized spacial score (nSPS) is 18.7. The van der Waals surface area contributed by atoms with Crippen LogP contribution < -0.4 is 0 Å². The summed E-state index contributed by atoms with van der Waals surface area (Å²) >= 11 is 3.57. The van der Waals surface area contributed by atoms with Crippen molar-refractivity contribution in [2.75, 3.05) is 0 Å². The maximum atomic E-state index is 11.9. The molecule has 3 aromatic rings. The second-order valence-corrected chi connectivity index (χ2v) is 8.44. The van der Waals surface area contributed by atoms with Crippen LogP contribution in [-0.4, -0.2) is 5.11 Å². The SMILES string of the molecule is CC(C)(CC1(O)c2ccccc2-c2ccc(Br)cc21)c1ccccc1. The molecule has 2 heteroatoms. The van der Waals surface area contributed by atoms with Gasteiger partial charge in [0.1, 0.15) is 5.60 Å². The van der Waals surface area contributed by atoms with Gasteiger partial charge in [0.25, 0.3) is 0 Å². The van der Waals surface area contributed by atoms with E-state index in [2.05, 4.69) is 78.3 Å². The van der Waals surface area contributed by atoms with Gasteiger partial charge in [-0.1, -0.05) is 90.4 Å². The monoisotopic (exact) mass is 392 g/mol. The third-order valence-electron chi connectivity index (χ3n) is 5.34. The van der Waals surface area contributed by atoms with E-state index in [0.29, 0.717) is 6.42 Å². The van der Waals surface area contributed by atoms with Crippen LogP contribution in [0.3, 0.4) is 0 Å². The minimum atomic E-state index is -0.991. The van der Waals surface area contributed by atoms with Crippen LogP contribution in [0.2, 0.25) is 0 Å². The van der Waals surface area contributed by atoms with Gasteiger partial charge in [-0.2, -0.15) is 0 Å². The molecular weight excluding hydrogens is 372 g/mol. The van der Waals surface area contributed by atoms with Crippen molar-refractivity contribution in [3.63, 3.8) is 0 Å². The lowest BCUT2D eigenvalue weighted by Gasteiger charge is -2.36. The number of halogens is 1. The largest absolute Gasteiger partial charge is 0.380 e. The van der Waals surface area contributed by atoms with Gasteiger partial charge in [0, 0.05) is 4.47 Å². The summed E-state index contributed by atoms with van der Waals surface area (Å²) in [4.78, 5) is 0. The number of rotatable bonds is 3.